The Morgan fingerprint density at radius 3 is 2.56 bits per heavy atom. The van der Waals surface area contributed by atoms with E-state index in [2.05, 4.69) is 15.5 Å². The molecular weight excluding hydrogens is 439 g/mol. The average Bonchev–Trinajstić information content (AvgIpc) is 3.43. The lowest BCUT2D eigenvalue weighted by molar-refractivity contribution is -0.126. The van der Waals surface area contributed by atoms with Gasteiger partial charge in [-0.3, -0.25) is 14.5 Å². The Labute approximate surface area is 198 Å². The van der Waals surface area contributed by atoms with Crippen LogP contribution in [-0.4, -0.2) is 59.9 Å². The molecule has 2 aromatic carbocycles. The van der Waals surface area contributed by atoms with Crippen LogP contribution in [0.4, 0.5) is 14.9 Å². The molecule has 0 radical (unpaired) electrons. The van der Waals surface area contributed by atoms with Gasteiger partial charge in [0.05, 0.1) is 6.54 Å². The molecule has 2 unspecified atom stereocenters. The molecule has 2 saturated heterocycles. The van der Waals surface area contributed by atoms with Crippen LogP contribution in [0.1, 0.15) is 37.0 Å². The lowest BCUT2D eigenvalue weighted by atomic mass is 10.00. The number of rotatable bonds is 8. The summed E-state index contributed by atoms with van der Waals surface area (Å²) in [5.74, 6) is -0.923. The number of hydrogen-bond donors (Lipinski definition) is 2. The summed E-state index contributed by atoms with van der Waals surface area (Å²) in [6, 6.07) is 11.8. The Morgan fingerprint density at radius 1 is 1.12 bits per heavy atom. The number of ether oxygens (including phenoxy) is 1. The number of carbonyl (C=O) groups is 3. The number of halogens is 1. The second-order valence-corrected chi connectivity index (χ2v) is 8.65. The fraction of sp³-hybridized carbons (Fsp3) is 0.400. The lowest BCUT2D eigenvalue weighted by Crippen LogP contribution is -2.47. The minimum absolute atomic E-state index is 0.102. The van der Waals surface area contributed by atoms with Gasteiger partial charge in [0.2, 0.25) is 11.8 Å². The lowest BCUT2D eigenvalue weighted by Gasteiger charge is -2.25. The summed E-state index contributed by atoms with van der Waals surface area (Å²) >= 11 is 0. The van der Waals surface area contributed by atoms with Gasteiger partial charge >= 0.3 is 6.09 Å². The van der Waals surface area contributed by atoms with Crippen molar-refractivity contribution in [3.8, 4) is 0 Å². The van der Waals surface area contributed by atoms with Gasteiger partial charge < -0.3 is 20.3 Å². The first-order valence-electron chi connectivity index (χ1n) is 11.5. The van der Waals surface area contributed by atoms with E-state index >= 15 is 0 Å². The second kappa shape index (κ2) is 10.6. The SMILES string of the molecule is CC(=O)Nc1cccc(C2OC(=O)N(Cc3ccc(F)cc3)C2C(=O)NCCN2CCCC2)c1. The van der Waals surface area contributed by atoms with Gasteiger partial charge in [0.15, 0.2) is 12.1 Å². The minimum atomic E-state index is -0.913. The van der Waals surface area contributed by atoms with Crippen LogP contribution in [0.3, 0.4) is 0 Å². The van der Waals surface area contributed by atoms with E-state index in [0.717, 1.165) is 32.5 Å². The minimum Gasteiger partial charge on any atom is -0.438 e. The Bertz CT molecular complexity index is 1040. The number of hydrogen-bond acceptors (Lipinski definition) is 5. The smallest absolute Gasteiger partial charge is 0.411 e. The van der Waals surface area contributed by atoms with Crippen LogP contribution in [-0.2, 0) is 20.9 Å². The molecule has 0 bridgehead atoms. The molecule has 0 spiro atoms. The van der Waals surface area contributed by atoms with Crippen molar-refractivity contribution in [3.63, 3.8) is 0 Å². The zero-order valence-corrected chi connectivity index (χ0v) is 19.1. The molecule has 2 fully saturated rings. The molecule has 2 N–H and O–H groups in total. The van der Waals surface area contributed by atoms with E-state index in [1.807, 2.05) is 0 Å². The van der Waals surface area contributed by atoms with Crippen LogP contribution >= 0.6 is 0 Å². The van der Waals surface area contributed by atoms with Gasteiger partial charge in [-0.2, -0.15) is 0 Å². The first-order chi connectivity index (χ1) is 16.4. The highest BCUT2D eigenvalue weighted by molar-refractivity contribution is 5.90. The molecule has 180 valence electrons. The molecule has 2 atom stereocenters. The van der Waals surface area contributed by atoms with E-state index < -0.39 is 18.2 Å². The first kappa shape index (κ1) is 23.7. The first-order valence-corrected chi connectivity index (χ1v) is 11.5. The maximum atomic E-state index is 13.4. The van der Waals surface area contributed by atoms with E-state index in [-0.39, 0.29) is 24.2 Å². The van der Waals surface area contributed by atoms with Gasteiger partial charge in [-0.1, -0.05) is 24.3 Å². The van der Waals surface area contributed by atoms with Crippen molar-refractivity contribution in [2.75, 3.05) is 31.5 Å². The van der Waals surface area contributed by atoms with Gasteiger partial charge in [0.25, 0.3) is 0 Å². The van der Waals surface area contributed by atoms with E-state index in [4.69, 9.17) is 4.74 Å². The maximum absolute atomic E-state index is 13.4. The van der Waals surface area contributed by atoms with Gasteiger partial charge in [-0.05, 0) is 61.3 Å². The number of carbonyl (C=O) groups excluding carboxylic acids is 3. The van der Waals surface area contributed by atoms with Gasteiger partial charge in [0.1, 0.15) is 5.82 Å². The molecule has 9 heteroatoms. The predicted octanol–water partition coefficient (Wildman–Crippen LogP) is 3.06. The number of cyclic esters (lactones) is 1. The number of anilines is 1. The summed E-state index contributed by atoms with van der Waals surface area (Å²) < 4.78 is 19.0. The van der Waals surface area contributed by atoms with Gasteiger partial charge in [-0.15, -0.1) is 0 Å². The van der Waals surface area contributed by atoms with Crippen molar-refractivity contribution in [2.45, 2.75) is 38.5 Å². The van der Waals surface area contributed by atoms with Crippen LogP contribution in [0.15, 0.2) is 48.5 Å². The molecule has 3 amide bonds. The van der Waals surface area contributed by atoms with Crippen molar-refractivity contribution in [1.29, 1.82) is 0 Å². The van der Waals surface area contributed by atoms with Crippen LogP contribution in [0.25, 0.3) is 0 Å². The summed E-state index contributed by atoms with van der Waals surface area (Å²) in [5, 5.41) is 5.67. The van der Waals surface area contributed by atoms with E-state index in [1.165, 1.54) is 24.0 Å². The van der Waals surface area contributed by atoms with Crippen LogP contribution in [0.5, 0.6) is 0 Å². The fourth-order valence-corrected chi connectivity index (χ4v) is 4.44. The highest BCUT2D eigenvalue weighted by atomic mass is 19.1. The number of nitrogens with one attached hydrogen (secondary N) is 2. The Balaban J connectivity index is 1.55. The monoisotopic (exact) mass is 468 g/mol. The zero-order valence-electron chi connectivity index (χ0n) is 19.1. The third kappa shape index (κ3) is 5.72. The Hall–Kier alpha value is -3.46. The van der Waals surface area contributed by atoms with Gasteiger partial charge in [-0.25, -0.2) is 9.18 Å². The topological polar surface area (TPSA) is 91.0 Å². The zero-order chi connectivity index (χ0) is 24.1. The molecule has 8 nitrogen and oxygen atoms in total. The maximum Gasteiger partial charge on any atom is 0.411 e. The van der Waals surface area contributed by atoms with Gasteiger partial charge in [0, 0.05) is 25.7 Å². The van der Waals surface area contributed by atoms with Crippen molar-refractivity contribution >= 4 is 23.6 Å². The standard InChI is InChI=1S/C25H29FN4O4/c1-17(31)28-21-6-4-5-19(15-21)23-22(24(32)27-11-14-29-12-2-3-13-29)30(25(33)34-23)16-18-7-9-20(26)10-8-18/h4-10,15,22-23H,2-3,11-14,16H2,1H3,(H,27,32)(H,28,31). The summed E-state index contributed by atoms with van der Waals surface area (Å²) in [4.78, 5) is 41.3. The molecule has 2 heterocycles. The third-order valence-corrected chi connectivity index (χ3v) is 6.08. The number of benzene rings is 2. The summed E-state index contributed by atoms with van der Waals surface area (Å²) in [6.45, 7) is 4.77. The number of nitrogens with zero attached hydrogens (tertiary/aromatic N) is 2. The molecule has 2 aliphatic heterocycles. The molecule has 34 heavy (non-hydrogen) atoms. The molecule has 0 aliphatic carbocycles. The molecule has 0 saturated carbocycles. The molecule has 4 rings (SSSR count). The molecule has 2 aliphatic rings. The quantitative estimate of drug-likeness (QED) is 0.622. The predicted molar refractivity (Wildman–Crippen MR) is 124 cm³/mol. The van der Waals surface area contributed by atoms with Crippen LogP contribution in [0.2, 0.25) is 0 Å². The van der Waals surface area contributed by atoms with E-state index in [1.54, 1.807) is 36.4 Å². The second-order valence-electron chi connectivity index (χ2n) is 8.65. The summed E-state index contributed by atoms with van der Waals surface area (Å²) in [5.41, 5.74) is 1.83. The van der Waals surface area contributed by atoms with Crippen molar-refractivity contribution in [3.05, 3.63) is 65.5 Å². The van der Waals surface area contributed by atoms with Crippen molar-refractivity contribution < 1.29 is 23.5 Å². The Morgan fingerprint density at radius 2 is 1.85 bits per heavy atom. The molecule has 0 aromatic heterocycles. The normalized spacial score (nSPS) is 20.3. The highest BCUT2D eigenvalue weighted by Crippen LogP contribution is 2.35. The number of likely N-dealkylation sites (tertiary alicyclic amines) is 1. The Kier molecular flexibility index (Phi) is 7.42. The van der Waals surface area contributed by atoms with Crippen LogP contribution < -0.4 is 10.6 Å². The van der Waals surface area contributed by atoms with Crippen LogP contribution in [0, 0.1) is 5.82 Å². The summed E-state index contributed by atoms with van der Waals surface area (Å²) in [6.07, 6.45) is 0.848. The van der Waals surface area contributed by atoms with E-state index in [9.17, 15) is 18.8 Å². The number of amides is 3. The third-order valence-electron chi connectivity index (χ3n) is 6.08. The highest BCUT2D eigenvalue weighted by Gasteiger charge is 2.47. The average molecular weight is 469 g/mol. The van der Waals surface area contributed by atoms with E-state index in [0.29, 0.717) is 23.4 Å². The molecular formula is C25H29FN4O4. The van der Waals surface area contributed by atoms with Crippen molar-refractivity contribution in [2.24, 2.45) is 0 Å². The molecule has 2 aromatic rings. The summed E-state index contributed by atoms with van der Waals surface area (Å²) in [7, 11) is 0. The van der Waals surface area contributed by atoms with Crippen molar-refractivity contribution in [1.82, 2.24) is 15.1 Å². The largest absolute Gasteiger partial charge is 0.438 e. The fourth-order valence-electron chi connectivity index (χ4n) is 4.44.